The third-order valence-corrected chi connectivity index (χ3v) is 4.81. The number of ether oxygens (including phenoxy) is 2. The number of piperidine rings is 1. The molecule has 2 aliphatic rings. The molecule has 0 radical (unpaired) electrons. The molecule has 0 spiro atoms. The van der Waals surface area contributed by atoms with Gasteiger partial charge in [-0.15, -0.1) is 0 Å². The average Bonchev–Trinajstić information content (AvgIpc) is 3.06. The number of methoxy groups -OCH3 is 1. The zero-order chi connectivity index (χ0) is 16.1. The Kier molecular flexibility index (Phi) is 5.59. The molecule has 6 nitrogen and oxygen atoms in total. The molecule has 0 aromatic carbocycles. The molecule has 126 valence electrons. The van der Waals surface area contributed by atoms with Gasteiger partial charge < -0.3 is 14.8 Å². The molecule has 1 amide bonds. The summed E-state index contributed by atoms with van der Waals surface area (Å²) in [6.45, 7) is 4.50. The van der Waals surface area contributed by atoms with E-state index in [0.29, 0.717) is 19.1 Å². The lowest BCUT2D eigenvalue weighted by Crippen LogP contribution is -2.53. The van der Waals surface area contributed by atoms with Gasteiger partial charge in [0.25, 0.3) is 0 Å². The summed E-state index contributed by atoms with van der Waals surface area (Å²) in [5.74, 6) is 0.448. The molecule has 0 aliphatic carbocycles. The summed E-state index contributed by atoms with van der Waals surface area (Å²) >= 11 is 0. The van der Waals surface area contributed by atoms with Crippen LogP contribution in [-0.2, 0) is 20.8 Å². The van der Waals surface area contributed by atoms with Gasteiger partial charge in [-0.25, -0.2) is 0 Å². The van der Waals surface area contributed by atoms with Crippen LogP contribution in [0.2, 0.25) is 0 Å². The van der Waals surface area contributed by atoms with Gasteiger partial charge in [-0.05, 0) is 18.1 Å². The van der Waals surface area contributed by atoms with Crippen molar-refractivity contribution >= 4 is 5.91 Å². The molecule has 23 heavy (non-hydrogen) atoms. The molecule has 1 aromatic heterocycles. The third kappa shape index (κ3) is 4.07. The third-order valence-electron chi connectivity index (χ3n) is 4.81. The van der Waals surface area contributed by atoms with Crippen LogP contribution in [0, 0.1) is 11.8 Å². The molecule has 6 heteroatoms. The second kappa shape index (κ2) is 7.86. The number of amides is 1. The van der Waals surface area contributed by atoms with Gasteiger partial charge in [0.2, 0.25) is 5.91 Å². The van der Waals surface area contributed by atoms with E-state index in [-0.39, 0.29) is 17.9 Å². The average molecular weight is 319 g/mol. The number of fused-ring (bicyclic) bond motifs is 1. The zero-order valence-electron chi connectivity index (χ0n) is 13.6. The standard InChI is InChI=1S/C17H25N3O3/c1-22-8-6-20-11-15(14-4-7-23-16(14)12-20)17(21)19-10-13-3-2-5-18-9-13/h2-3,5,9,14-16H,4,6-8,10-12H2,1H3,(H,19,21)/t14-,15+,16+/m0/s1. The van der Waals surface area contributed by atoms with Crippen LogP contribution in [0.3, 0.4) is 0 Å². The molecule has 0 saturated carbocycles. The molecule has 3 rings (SSSR count). The number of carbonyl (C=O) groups excluding carboxylic acids is 1. The number of pyridine rings is 1. The number of nitrogens with zero attached hydrogens (tertiary/aromatic N) is 2. The lowest BCUT2D eigenvalue weighted by Gasteiger charge is -2.39. The first-order chi connectivity index (χ1) is 11.3. The normalized spacial score (nSPS) is 27.6. The minimum Gasteiger partial charge on any atom is -0.383 e. The fraction of sp³-hybridized carbons (Fsp3) is 0.647. The van der Waals surface area contributed by atoms with Crippen molar-refractivity contribution in [1.82, 2.24) is 15.2 Å². The summed E-state index contributed by atoms with van der Waals surface area (Å²) in [7, 11) is 1.71. The second-order valence-corrected chi connectivity index (χ2v) is 6.30. The van der Waals surface area contributed by atoms with E-state index in [1.165, 1.54) is 0 Å². The maximum absolute atomic E-state index is 12.7. The van der Waals surface area contributed by atoms with Crippen LogP contribution in [0.25, 0.3) is 0 Å². The highest BCUT2D eigenvalue weighted by molar-refractivity contribution is 5.79. The van der Waals surface area contributed by atoms with Gasteiger partial charge in [0.15, 0.2) is 0 Å². The Morgan fingerprint density at radius 3 is 3.22 bits per heavy atom. The first kappa shape index (κ1) is 16.4. The first-order valence-corrected chi connectivity index (χ1v) is 8.27. The molecule has 1 N–H and O–H groups in total. The number of rotatable bonds is 6. The monoisotopic (exact) mass is 319 g/mol. The van der Waals surface area contributed by atoms with Crippen molar-refractivity contribution in [2.24, 2.45) is 11.8 Å². The summed E-state index contributed by atoms with van der Waals surface area (Å²) in [6, 6.07) is 3.86. The smallest absolute Gasteiger partial charge is 0.225 e. The van der Waals surface area contributed by atoms with Crippen LogP contribution < -0.4 is 5.32 Å². The van der Waals surface area contributed by atoms with E-state index in [9.17, 15) is 4.79 Å². The summed E-state index contributed by atoms with van der Waals surface area (Å²) in [4.78, 5) is 19.1. The second-order valence-electron chi connectivity index (χ2n) is 6.30. The predicted octanol–water partition coefficient (Wildman–Crippen LogP) is 0.681. The highest BCUT2D eigenvalue weighted by Crippen LogP contribution is 2.33. The Balaban J connectivity index is 1.60. The number of aromatic nitrogens is 1. The van der Waals surface area contributed by atoms with Crippen LogP contribution in [-0.4, -0.2) is 61.9 Å². The van der Waals surface area contributed by atoms with E-state index in [1.807, 2.05) is 12.1 Å². The number of hydrogen-bond acceptors (Lipinski definition) is 5. The minimum absolute atomic E-state index is 0.00947. The molecule has 0 bridgehead atoms. The molecule has 1 aromatic rings. The van der Waals surface area contributed by atoms with E-state index in [1.54, 1.807) is 19.5 Å². The van der Waals surface area contributed by atoms with Crippen molar-refractivity contribution in [3.8, 4) is 0 Å². The Morgan fingerprint density at radius 1 is 1.52 bits per heavy atom. The van der Waals surface area contributed by atoms with Crippen molar-refractivity contribution < 1.29 is 14.3 Å². The molecule has 2 fully saturated rings. The van der Waals surface area contributed by atoms with E-state index >= 15 is 0 Å². The van der Waals surface area contributed by atoms with Crippen molar-refractivity contribution in [3.63, 3.8) is 0 Å². The molecule has 0 unspecified atom stereocenters. The van der Waals surface area contributed by atoms with Crippen LogP contribution in [0.15, 0.2) is 24.5 Å². The number of likely N-dealkylation sites (tertiary alicyclic amines) is 1. The highest BCUT2D eigenvalue weighted by Gasteiger charge is 2.43. The quantitative estimate of drug-likeness (QED) is 0.835. The highest BCUT2D eigenvalue weighted by atomic mass is 16.5. The lowest BCUT2D eigenvalue weighted by atomic mass is 9.82. The maximum Gasteiger partial charge on any atom is 0.225 e. The van der Waals surface area contributed by atoms with E-state index in [2.05, 4.69) is 15.2 Å². The first-order valence-electron chi connectivity index (χ1n) is 8.27. The minimum atomic E-state index is -0.00947. The number of hydrogen-bond donors (Lipinski definition) is 1. The summed E-state index contributed by atoms with van der Waals surface area (Å²) in [5.41, 5.74) is 1.02. The summed E-state index contributed by atoms with van der Waals surface area (Å²) < 4.78 is 11.0. The van der Waals surface area contributed by atoms with E-state index in [4.69, 9.17) is 9.47 Å². The van der Waals surface area contributed by atoms with Crippen molar-refractivity contribution in [3.05, 3.63) is 30.1 Å². The lowest BCUT2D eigenvalue weighted by molar-refractivity contribution is -0.131. The Hall–Kier alpha value is -1.50. The van der Waals surface area contributed by atoms with Gasteiger partial charge in [0, 0.05) is 58.2 Å². The molecule has 3 heterocycles. The molecular formula is C17H25N3O3. The fourth-order valence-corrected chi connectivity index (χ4v) is 3.56. The van der Waals surface area contributed by atoms with E-state index < -0.39 is 0 Å². The Labute approximate surface area is 137 Å². The number of carbonyl (C=O) groups is 1. The molecular weight excluding hydrogens is 294 g/mol. The van der Waals surface area contributed by atoms with Crippen LogP contribution >= 0.6 is 0 Å². The van der Waals surface area contributed by atoms with E-state index in [0.717, 1.165) is 38.2 Å². The predicted molar refractivity (Wildman–Crippen MR) is 85.7 cm³/mol. The van der Waals surface area contributed by atoms with Gasteiger partial charge in [0.1, 0.15) is 0 Å². The summed E-state index contributed by atoms with van der Waals surface area (Å²) in [6.07, 6.45) is 4.68. The molecule has 2 aliphatic heterocycles. The van der Waals surface area contributed by atoms with Crippen molar-refractivity contribution in [1.29, 1.82) is 0 Å². The van der Waals surface area contributed by atoms with Gasteiger partial charge >= 0.3 is 0 Å². The topological polar surface area (TPSA) is 63.7 Å². The largest absolute Gasteiger partial charge is 0.383 e. The van der Waals surface area contributed by atoms with Crippen LogP contribution in [0.4, 0.5) is 0 Å². The van der Waals surface area contributed by atoms with Gasteiger partial charge in [0.05, 0.1) is 18.6 Å². The Morgan fingerprint density at radius 2 is 2.43 bits per heavy atom. The van der Waals surface area contributed by atoms with Crippen LogP contribution in [0.5, 0.6) is 0 Å². The van der Waals surface area contributed by atoms with Crippen LogP contribution in [0.1, 0.15) is 12.0 Å². The molecule has 3 atom stereocenters. The zero-order valence-corrected chi connectivity index (χ0v) is 13.6. The molecule has 2 saturated heterocycles. The van der Waals surface area contributed by atoms with Crippen molar-refractivity contribution in [2.75, 3.05) is 40.0 Å². The Bertz CT molecular complexity index is 511. The summed E-state index contributed by atoms with van der Waals surface area (Å²) in [5, 5.41) is 3.07. The fourth-order valence-electron chi connectivity index (χ4n) is 3.56. The van der Waals surface area contributed by atoms with Gasteiger partial charge in [-0.2, -0.15) is 0 Å². The SMILES string of the molecule is COCCN1C[C@H]2OCC[C@H]2[C@H](C(=O)NCc2cccnc2)C1. The van der Waals surface area contributed by atoms with Crippen molar-refractivity contribution in [2.45, 2.75) is 19.1 Å². The van der Waals surface area contributed by atoms with Gasteiger partial charge in [-0.3, -0.25) is 14.7 Å². The number of nitrogens with one attached hydrogen (secondary N) is 1. The van der Waals surface area contributed by atoms with Gasteiger partial charge in [-0.1, -0.05) is 6.07 Å². The maximum atomic E-state index is 12.7.